The summed E-state index contributed by atoms with van der Waals surface area (Å²) in [6.45, 7) is 0.469. The van der Waals surface area contributed by atoms with Gasteiger partial charge in [-0.25, -0.2) is 4.39 Å². The van der Waals surface area contributed by atoms with Gasteiger partial charge in [0.05, 0.1) is 18.2 Å². The number of ether oxygens (including phenoxy) is 1. The Labute approximate surface area is 122 Å². The van der Waals surface area contributed by atoms with Gasteiger partial charge in [-0.3, -0.25) is 0 Å². The lowest BCUT2D eigenvalue weighted by Crippen LogP contribution is -1.97. The van der Waals surface area contributed by atoms with Crippen molar-refractivity contribution in [1.29, 1.82) is 5.26 Å². The Bertz CT molecular complexity index is 738. The molecule has 0 saturated heterocycles. The molecular formula is C17H13FN2O. The van der Waals surface area contributed by atoms with Crippen LogP contribution in [0.15, 0.2) is 42.5 Å². The van der Waals surface area contributed by atoms with Crippen LogP contribution in [0.2, 0.25) is 0 Å². The molecule has 0 radical (unpaired) electrons. The molecule has 0 amide bonds. The highest BCUT2D eigenvalue weighted by Crippen LogP contribution is 2.17. The van der Waals surface area contributed by atoms with Gasteiger partial charge < -0.3 is 10.5 Å². The van der Waals surface area contributed by atoms with Gasteiger partial charge in [-0.05, 0) is 29.8 Å². The molecule has 0 heterocycles. The van der Waals surface area contributed by atoms with Crippen LogP contribution >= 0.6 is 0 Å². The van der Waals surface area contributed by atoms with Crippen molar-refractivity contribution in [1.82, 2.24) is 0 Å². The number of nitrogens with zero attached hydrogens (tertiary/aromatic N) is 1. The SMILES string of the molecule is N#Cc1cccc(COc2cc(F)cc(C#CCN)c2)c1. The average Bonchev–Trinajstić information content (AvgIpc) is 2.50. The van der Waals surface area contributed by atoms with Crippen molar-refractivity contribution in [2.24, 2.45) is 5.73 Å². The molecule has 0 atom stereocenters. The van der Waals surface area contributed by atoms with Crippen LogP contribution in [0.25, 0.3) is 0 Å². The van der Waals surface area contributed by atoms with E-state index in [9.17, 15) is 4.39 Å². The van der Waals surface area contributed by atoms with Crippen LogP contribution in [0.5, 0.6) is 5.75 Å². The van der Waals surface area contributed by atoms with Gasteiger partial charge in [0.15, 0.2) is 0 Å². The van der Waals surface area contributed by atoms with Crippen LogP contribution in [-0.2, 0) is 6.61 Å². The normalized spacial score (nSPS) is 9.38. The van der Waals surface area contributed by atoms with E-state index < -0.39 is 5.82 Å². The third-order valence-electron chi connectivity index (χ3n) is 2.67. The molecule has 0 aliphatic heterocycles. The highest BCUT2D eigenvalue weighted by molar-refractivity contribution is 5.41. The molecule has 0 aliphatic carbocycles. The number of nitrogens with two attached hydrogens (primary N) is 1. The minimum Gasteiger partial charge on any atom is -0.489 e. The highest BCUT2D eigenvalue weighted by atomic mass is 19.1. The molecule has 2 rings (SSSR count). The predicted octanol–water partition coefficient (Wildman–Crippen LogP) is 2.59. The van der Waals surface area contributed by atoms with E-state index in [1.807, 2.05) is 6.07 Å². The number of rotatable bonds is 3. The fraction of sp³-hybridized carbons (Fsp3) is 0.118. The Morgan fingerprint density at radius 2 is 2.00 bits per heavy atom. The van der Waals surface area contributed by atoms with Crippen molar-refractivity contribution in [3.63, 3.8) is 0 Å². The monoisotopic (exact) mass is 280 g/mol. The zero-order valence-electron chi connectivity index (χ0n) is 11.3. The lowest BCUT2D eigenvalue weighted by molar-refractivity contribution is 0.304. The zero-order chi connectivity index (χ0) is 15.1. The Hall–Kier alpha value is -2.82. The number of nitriles is 1. The summed E-state index contributed by atoms with van der Waals surface area (Å²) < 4.78 is 19.0. The van der Waals surface area contributed by atoms with Crippen molar-refractivity contribution in [3.8, 4) is 23.7 Å². The highest BCUT2D eigenvalue weighted by Gasteiger charge is 2.02. The number of halogens is 1. The largest absolute Gasteiger partial charge is 0.489 e. The molecule has 4 heteroatoms. The van der Waals surface area contributed by atoms with Gasteiger partial charge in [0, 0.05) is 11.6 Å². The molecule has 2 aromatic carbocycles. The number of hydrogen-bond donors (Lipinski definition) is 1. The molecule has 2 N–H and O–H groups in total. The molecule has 0 spiro atoms. The van der Waals surface area contributed by atoms with E-state index in [1.54, 1.807) is 24.3 Å². The van der Waals surface area contributed by atoms with Crippen molar-refractivity contribution in [3.05, 3.63) is 65.0 Å². The molecule has 21 heavy (non-hydrogen) atoms. The van der Waals surface area contributed by atoms with Gasteiger partial charge in [-0.1, -0.05) is 24.0 Å². The van der Waals surface area contributed by atoms with E-state index in [0.717, 1.165) is 5.56 Å². The maximum atomic E-state index is 13.5. The third-order valence-corrected chi connectivity index (χ3v) is 2.67. The molecule has 104 valence electrons. The molecule has 0 aromatic heterocycles. The molecule has 0 bridgehead atoms. The third kappa shape index (κ3) is 4.35. The first-order valence-corrected chi connectivity index (χ1v) is 6.32. The minimum absolute atomic E-state index is 0.216. The summed E-state index contributed by atoms with van der Waals surface area (Å²) in [7, 11) is 0. The second kappa shape index (κ2) is 7.09. The van der Waals surface area contributed by atoms with Crippen molar-refractivity contribution in [2.45, 2.75) is 6.61 Å². The van der Waals surface area contributed by atoms with E-state index in [4.69, 9.17) is 15.7 Å². The van der Waals surface area contributed by atoms with Crippen molar-refractivity contribution < 1.29 is 9.13 Å². The maximum absolute atomic E-state index is 13.5. The molecule has 0 fully saturated rings. The van der Waals surface area contributed by atoms with E-state index in [1.165, 1.54) is 12.1 Å². The number of hydrogen-bond acceptors (Lipinski definition) is 3. The Morgan fingerprint density at radius 1 is 1.14 bits per heavy atom. The lowest BCUT2D eigenvalue weighted by atomic mass is 10.1. The molecule has 3 nitrogen and oxygen atoms in total. The van der Waals surface area contributed by atoms with Crippen LogP contribution in [-0.4, -0.2) is 6.54 Å². The van der Waals surface area contributed by atoms with E-state index in [-0.39, 0.29) is 13.2 Å². The fourth-order valence-electron chi connectivity index (χ4n) is 1.77. The maximum Gasteiger partial charge on any atom is 0.128 e. The van der Waals surface area contributed by atoms with Crippen molar-refractivity contribution in [2.75, 3.05) is 6.54 Å². The Balaban J connectivity index is 2.12. The topological polar surface area (TPSA) is 59.0 Å². The summed E-state index contributed by atoms with van der Waals surface area (Å²) in [4.78, 5) is 0. The first kappa shape index (κ1) is 14.6. The standard InChI is InChI=1S/C17H13FN2O/c18-16-8-13(5-2-6-19)9-17(10-16)21-12-15-4-1-3-14(7-15)11-20/h1,3-4,7-10H,6,12,19H2. The first-order chi connectivity index (χ1) is 10.2. The van der Waals surface area contributed by atoms with Gasteiger partial charge in [-0.15, -0.1) is 0 Å². The summed E-state index contributed by atoms with van der Waals surface area (Å²) in [6.07, 6.45) is 0. The van der Waals surface area contributed by atoms with Crippen LogP contribution in [0.3, 0.4) is 0 Å². The summed E-state index contributed by atoms with van der Waals surface area (Å²) in [6, 6.07) is 13.4. The van der Waals surface area contributed by atoms with Gasteiger partial charge in [0.2, 0.25) is 0 Å². The Morgan fingerprint density at radius 3 is 2.76 bits per heavy atom. The molecule has 0 unspecified atom stereocenters. The molecule has 2 aromatic rings. The predicted molar refractivity (Wildman–Crippen MR) is 77.8 cm³/mol. The molecular weight excluding hydrogens is 267 g/mol. The minimum atomic E-state index is -0.417. The molecule has 0 saturated carbocycles. The van der Waals surface area contributed by atoms with Gasteiger partial charge >= 0.3 is 0 Å². The summed E-state index contributed by atoms with van der Waals surface area (Å²) >= 11 is 0. The summed E-state index contributed by atoms with van der Waals surface area (Å²) in [5.41, 5.74) is 7.21. The van der Waals surface area contributed by atoms with Crippen LogP contribution in [0.4, 0.5) is 4.39 Å². The van der Waals surface area contributed by atoms with E-state index in [0.29, 0.717) is 16.9 Å². The Kier molecular flexibility index (Phi) is 4.93. The second-order valence-electron chi connectivity index (χ2n) is 4.28. The summed E-state index contributed by atoms with van der Waals surface area (Å²) in [5, 5.41) is 8.84. The smallest absolute Gasteiger partial charge is 0.128 e. The first-order valence-electron chi connectivity index (χ1n) is 6.32. The van der Waals surface area contributed by atoms with Crippen LogP contribution in [0, 0.1) is 29.0 Å². The fourth-order valence-corrected chi connectivity index (χ4v) is 1.77. The zero-order valence-corrected chi connectivity index (χ0v) is 11.3. The second-order valence-corrected chi connectivity index (χ2v) is 4.28. The quantitative estimate of drug-likeness (QED) is 0.879. The number of benzene rings is 2. The van der Waals surface area contributed by atoms with Gasteiger partial charge in [0.1, 0.15) is 18.2 Å². The van der Waals surface area contributed by atoms with E-state index in [2.05, 4.69) is 17.9 Å². The average molecular weight is 280 g/mol. The van der Waals surface area contributed by atoms with Crippen molar-refractivity contribution >= 4 is 0 Å². The van der Waals surface area contributed by atoms with Crippen LogP contribution < -0.4 is 10.5 Å². The van der Waals surface area contributed by atoms with Gasteiger partial charge in [0.25, 0.3) is 0 Å². The van der Waals surface area contributed by atoms with Crippen LogP contribution in [0.1, 0.15) is 16.7 Å². The van der Waals surface area contributed by atoms with Gasteiger partial charge in [-0.2, -0.15) is 5.26 Å². The molecule has 0 aliphatic rings. The van der Waals surface area contributed by atoms with E-state index >= 15 is 0 Å². The lowest BCUT2D eigenvalue weighted by Gasteiger charge is -2.07. The summed E-state index contributed by atoms with van der Waals surface area (Å²) in [5.74, 6) is 5.40.